The number of amides is 1. The van der Waals surface area contributed by atoms with E-state index in [9.17, 15) is 9.18 Å². The van der Waals surface area contributed by atoms with Crippen molar-refractivity contribution in [3.8, 4) is 10.6 Å². The third-order valence-electron chi connectivity index (χ3n) is 2.45. The third kappa shape index (κ3) is 3.59. The fourth-order valence-corrected chi connectivity index (χ4v) is 2.28. The van der Waals surface area contributed by atoms with Crippen molar-refractivity contribution in [2.45, 2.75) is 6.42 Å². The van der Waals surface area contributed by atoms with Crippen LogP contribution in [-0.2, 0) is 0 Å². The molecule has 1 aromatic heterocycles. The van der Waals surface area contributed by atoms with Gasteiger partial charge >= 0.3 is 0 Å². The lowest BCUT2D eigenvalue weighted by atomic mass is 10.2. The number of halogens is 1. The van der Waals surface area contributed by atoms with Gasteiger partial charge in [0, 0.05) is 24.1 Å². The quantitative estimate of drug-likeness (QED) is 0.824. The Labute approximate surface area is 113 Å². The van der Waals surface area contributed by atoms with Gasteiger partial charge in [0.25, 0.3) is 5.91 Å². The molecule has 0 bridgehead atoms. The minimum Gasteiger partial charge on any atom is -0.396 e. The predicted molar refractivity (Wildman–Crippen MR) is 71.5 cm³/mol. The first kappa shape index (κ1) is 13.6. The molecular formula is C13H13FN2O2S. The summed E-state index contributed by atoms with van der Waals surface area (Å²) in [6, 6.07) is 5.97. The number of rotatable bonds is 5. The number of carbonyl (C=O) groups excluding carboxylic acids is 1. The number of aliphatic hydroxyl groups is 1. The van der Waals surface area contributed by atoms with E-state index in [4.69, 9.17) is 5.11 Å². The second-order valence-corrected chi connectivity index (χ2v) is 4.74. The zero-order valence-electron chi connectivity index (χ0n) is 10.1. The van der Waals surface area contributed by atoms with E-state index in [-0.39, 0.29) is 18.3 Å². The fraction of sp³-hybridized carbons (Fsp3) is 0.231. The zero-order chi connectivity index (χ0) is 13.7. The summed E-state index contributed by atoms with van der Waals surface area (Å²) in [4.78, 5) is 15.9. The summed E-state index contributed by atoms with van der Waals surface area (Å²) in [6.45, 7) is 0.455. The van der Waals surface area contributed by atoms with Gasteiger partial charge in [-0.3, -0.25) is 4.79 Å². The average molecular weight is 280 g/mol. The van der Waals surface area contributed by atoms with Gasteiger partial charge in [-0.05, 0) is 30.7 Å². The smallest absolute Gasteiger partial charge is 0.270 e. The second-order valence-electron chi connectivity index (χ2n) is 3.88. The molecule has 0 aliphatic carbocycles. The van der Waals surface area contributed by atoms with Crippen LogP contribution in [0.3, 0.4) is 0 Å². The number of nitrogens with zero attached hydrogens (tertiary/aromatic N) is 1. The van der Waals surface area contributed by atoms with E-state index in [1.165, 1.54) is 23.5 Å². The van der Waals surface area contributed by atoms with Crippen LogP contribution in [0.4, 0.5) is 4.39 Å². The van der Waals surface area contributed by atoms with Gasteiger partial charge in [0.15, 0.2) is 0 Å². The minimum absolute atomic E-state index is 0.0399. The number of thiazole rings is 1. The molecule has 0 fully saturated rings. The van der Waals surface area contributed by atoms with E-state index in [1.54, 1.807) is 17.5 Å². The number of nitrogens with one attached hydrogen (secondary N) is 1. The maximum absolute atomic E-state index is 12.8. The van der Waals surface area contributed by atoms with Crippen molar-refractivity contribution >= 4 is 17.2 Å². The van der Waals surface area contributed by atoms with E-state index in [0.29, 0.717) is 23.7 Å². The molecule has 0 aliphatic heterocycles. The van der Waals surface area contributed by atoms with Crippen LogP contribution in [0.5, 0.6) is 0 Å². The van der Waals surface area contributed by atoms with Gasteiger partial charge in [0.05, 0.1) is 0 Å². The van der Waals surface area contributed by atoms with Crippen LogP contribution in [0.15, 0.2) is 29.6 Å². The topological polar surface area (TPSA) is 62.2 Å². The van der Waals surface area contributed by atoms with E-state index >= 15 is 0 Å². The molecule has 6 heteroatoms. The van der Waals surface area contributed by atoms with Crippen molar-refractivity contribution in [3.05, 3.63) is 41.2 Å². The Morgan fingerprint density at radius 2 is 2.11 bits per heavy atom. The average Bonchev–Trinajstić information content (AvgIpc) is 2.89. The summed E-state index contributed by atoms with van der Waals surface area (Å²) >= 11 is 1.33. The van der Waals surface area contributed by atoms with E-state index in [1.807, 2.05) is 0 Å². The van der Waals surface area contributed by atoms with Gasteiger partial charge in [-0.15, -0.1) is 11.3 Å². The Morgan fingerprint density at radius 3 is 2.79 bits per heavy atom. The van der Waals surface area contributed by atoms with Gasteiger partial charge in [-0.2, -0.15) is 0 Å². The maximum Gasteiger partial charge on any atom is 0.270 e. The van der Waals surface area contributed by atoms with E-state index in [0.717, 1.165) is 5.56 Å². The molecule has 2 aromatic rings. The molecule has 0 atom stereocenters. The highest BCUT2D eigenvalue weighted by atomic mass is 32.1. The highest BCUT2D eigenvalue weighted by Crippen LogP contribution is 2.23. The Kier molecular flexibility index (Phi) is 4.59. The number of aromatic nitrogens is 1. The van der Waals surface area contributed by atoms with Crippen molar-refractivity contribution in [2.24, 2.45) is 0 Å². The van der Waals surface area contributed by atoms with Gasteiger partial charge in [0.1, 0.15) is 16.5 Å². The molecule has 0 radical (unpaired) electrons. The summed E-state index contributed by atoms with van der Waals surface area (Å²) in [6.07, 6.45) is 0.515. The number of benzene rings is 1. The molecule has 0 unspecified atom stereocenters. The molecule has 4 nitrogen and oxygen atoms in total. The Hall–Kier alpha value is -1.79. The molecule has 1 heterocycles. The highest BCUT2D eigenvalue weighted by Gasteiger charge is 2.11. The van der Waals surface area contributed by atoms with Crippen LogP contribution in [-0.4, -0.2) is 29.1 Å². The van der Waals surface area contributed by atoms with Crippen LogP contribution in [0.1, 0.15) is 16.9 Å². The molecule has 0 aliphatic rings. The summed E-state index contributed by atoms with van der Waals surface area (Å²) in [5.74, 6) is -0.569. The molecule has 0 saturated carbocycles. The van der Waals surface area contributed by atoms with Gasteiger partial charge in [-0.25, -0.2) is 9.37 Å². The first-order valence-electron chi connectivity index (χ1n) is 5.81. The molecule has 0 saturated heterocycles. The van der Waals surface area contributed by atoms with Gasteiger partial charge in [-0.1, -0.05) is 0 Å². The summed E-state index contributed by atoms with van der Waals surface area (Å²) in [7, 11) is 0. The summed E-state index contributed by atoms with van der Waals surface area (Å²) in [5.41, 5.74) is 1.11. The summed E-state index contributed by atoms with van der Waals surface area (Å²) in [5, 5.41) is 13.6. The second kappa shape index (κ2) is 6.40. The van der Waals surface area contributed by atoms with Crippen molar-refractivity contribution in [1.29, 1.82) is 0 Å². The standard InChI is InChI=1S/C13H13FN2O2S/c14-10-4-2-9(3-5-10)13-16-11(8-19-13)12(18)15-6-1-7-17/h2-5,8,17H,1,6-7H2,(H,15,18). The first-order valence-corrected chi connectivity index (χ1v) is 6.69. The number of hydrogen-bond donors (Lipinski definition) is 2. The SMILES string of the molecule is O=C(NCCCO)c1csc(-c2ccc(F)cc2)n1. The molecule has 19 heavy (non-hydrogen) atoms. The summed E-state index contributed by atoms with van der Waals surface area (Å²) < 4.78 is 12.8. The Bertz CT molecular complexity index is 554. The van der Waals surface area contributed by atoms with Crippen LogP contribution in [0.2, 0.25) is 0 Å². The van der Waals surface area contributed by atoms with Gasteiger partial charge < -0.3 is 10.4 Å². The monoisotopic (exact) mass is 280 g/mol. The molecule has 2 N–H and O–H groups in total. The van der Waals surface area contributed by atoms with E-state index in [2.05, 4.69) is 10.3 Å². The molecular weight excluding hydrogens is 267 g/mol. The lowest BCUT2D eigenvalue weighted by Gasteiger charge is -2.00. The van der Waals surface area contributed by atoms with Gasteiger partial charge in [0.2, 0.25) is 0 Å². The number of hydrogen-bond acceptors (Lipinski definition) is 4. The fourth-order valence-electron chi connectivity index (χ4n) is 1.47. The molecule has 100 valence electrons. The molecule has 0 spiro atoms. The van der Waals surface area contributed by atoms with Crippen molar-refractivity contribution in [2.75, 3.05) is 13.2 Å². The van der Waals surface area contributed by atoms with Crippen LogP contribution in [0.25, 0.3) is 10.6 Å². The normalized spacial score (nSPS) is 10.4. The van der Waals surface area contributed by atoms with Crippen LogP contribution in [0, 0.1) is 5.82 Å². The highest BCUT2D eigenvalue weighted by molar-refractivity contribution is 7.13. The van der Waals surface area contributed by atoms with Crippen molar-refractivity contribution in [1.82, 2.24) is 10.3 Å². The predicted octanol–water partition coefficient (Wildman–Crippen LogP) is 2.06. The maximum atomic E-state index is 12.8. The molecule has 2 rings (SSSR count). The zero-order valence-corrected chi connectivity index (χ0v) is 10.9. The lowest BCUT2D eigenvalue weighted by molar-refractivity contribution is 0.0947. The van der Waals surface area contributed by atoms with Crippen molar-refractivity contribution in [3.63, 3.8) is 0 Å². The number of aliphatic hydroxyl groups excluding tert-OH is 1. The number of carbonyl (C=O) groups is 1. The van der Waals surface area contributed by atoms with Crippen molar-refractivity contribution < 1.29 is 14.3 Å². The Morgan fingerprint density at radius 1 is 1.37 bits per heavy atom. The largest absolute Gasteiger partial charge is 0.396 e. The lowest BCUT2D eigenvalue weighted by Crippen LogP contribution is -2.25. The van der Waals surface area contributed by atoms with E-state index < -0.39 is 0 Å². The molecule has 1 amide bonds. The molecule has 1 aromatic carbocycles. The third-order valence-corrected chi connectivity index (χ3v) is 3.34. The first-order chi connectivity index (χ1) is 9.20. The van der Waals surface area contributed by atoms with Crippen LogP contribution < -0.4 is 5.32 Å². The minimum atomic E-state index is -0.303. The van der Waals surface area contributed by atoms with Crippen LogP contribution >= 0.6 is 11.3 Å². The Balaban J connectivity index is 2.06.